The van der Waals surface area contributed by atoms with Crippen molar-refractivity contribution < 1.29 is 4.79 Å². The first-order chi connectivity index (χ1) is 10.9. The number of rotatable bonds is 2. The molecule has 2 nitrogen and oxygen atoms in total. The summed E-state index contributed by atoms with van der Waals surface area (Å²) in [6.45, 7) is 4.02. The van der Waals surface area contributed by atoms with Gasteiger partial charge in [-0.3, -0.25) is 9.69 Å². The maximum absolute atomic E-state index is 12.4. The molecule has 116 valence electrons. The Morgan fingerprint density at radius 1 is 1.09 bits per heavy atom. The molecule has 0 N–H and O–H groups in total. The highest BCUT2D eigenvalue weighted by molar-refractivity contribution is 8.20. The molecule has 1 aliphatic rings. The van der Waals surface area contributed by atoms with Crippen LogP contribution < -0.4 is 4.90 Å². The van der Waals surface area contributed by atoms with Gasteiger partial charge in [0.2, 0.25) is 0 Å². The summed E-state index contributed by atoms with van der Waals surface area (Å²) < 4.78 is 0. The summed E-state index contributed by atoms with van der Waals surface area (Å²) in [5.41, 5.74) is 4.00. The first kappa shape index (κ1) is 16.2. The van der Waals surface area contributed by atoms with Gasteiger partial charge in [-0.15, -0.1) is 0 Å². The highest BCUT2D eigenvalue weighted by Gasteiger charge is 2.33. The van der Waals surface area contributed by atoms with Crippen LogP contribution in [0.2, 0.25) is 5.02 Å². The minimum Gasteiger partial charge on any atom is -0.261 e. The molecule has 1 fully saturated rings. The van der Waals surface area contributed by atoms with E-state index >= 15 is 0 Å². The van der Waals surface area contributed by atoms with E-state index in [0.29, 0.717) is 10.0 Å². The second-order valence-electron chi connectivity index (χ2n) is 5.41. The zero-order valence-corrected chi connectivity index (χ0v) is 15.1. The highest BCUT2D eigenvalue weighted by Crippen LogP contribution is 2.37. The van der Waals surface area contributed by atoms with Crippen LogP contribution in [0.5, 0.6) is 0 Å². The first-order valence-corrected chi connectivity index (χ1v) is 8.66. The zero-order valence-electron chi connectivity index (χ0n) is 12.7. The molecule has 1 aliphatic heterocycles. The van der Waals surface area contributed by atoms with Crippen LogP contribution in [0.25, 0.3) is 6.08 Å². The van der Waals surface area contributed by atoms with Gasteiger partial charge in [0.25, 0.3) is 5.24 Å². The summed E-state index contributed by atoms with van der Waals surface area (Å²) in [4.78, 5) is 15.3. The lowest BCUT2D eigenvalue weighted by Gasteiger charge is -2.16. The summed E-state index contributed by atoms with van der Waals surface area (Å²) in [5.74, 6) is 0. The van der Waals surface area contributed by atoms with Crippen LogP contribution >= 0.6 is 35.6 Å². The number of benzene rings is 2. The number of halogens is 1. The molecular formula is C18H14ClNOS2. The van der Waals surface area contributed by atoms with Crippen molar-refractivity contribution in [3.05, 3.63) is 69.1 Å². The van der Waals surface area contributed by atoms with Crippen LogP contribution in [0, 0.1) is 13.8 Å². The van der Waals surface area contributed by atoms with Crippen molar-refractivity contribution in [2.45, 2.75) is 13.8 Å². The van der Waals surface area contributed by atoms with E-state index in [-0.39, 0.29) is 5.24 Å². The Hall–Kier alpha value is -1.62. The second-order valence-corrected chi connectivity index (χ2v) is 7.23. The van der Waals surface area contributed by atoms with E-state index in [9.17, 15) is 4.79 Å². The van der Waals surface area contributed by atoms with Crippen molar-refractivity contribution >= 4 is 57.6 Å². The highest BCUT2D eigenvalue weighted by atomic mass is 35.5. The lowest BCUT2D eigenvalue weighted by Crippen LogP contribution is -2.26. The van der Waals surface area contributed by atoms with Gasteiger partial charge in [-0.2, -0.15) is 0 Å². The van der Waals surface area contributed by atoms with Crippen molar-refractivity contribution in [2.75, 3.05) is 4.90 Å². The number of hydrogen-bond donors (Lipinski definition) is 0. The Morgan fingerprint density at radius 3 is 2.30 bits per heavy atom. The second kappa shape index (κ2) is 6.48. The van der Waals surface area contributed by atoms with Crippen molar-refractivity contribution in [3.63, 3.8) is 0 Å². The van der Waals surface area contributed by atoms with E-state index in [1.807, 2.05) is 56.3 Å². The van der Waals surface area contributed by atoms with Crippen LogP contribution in [0.4, 0.5) is 10.5 Å². The molecule has 2 aromatic rings. The fraction of sp³-hybridized carbons (Fsp3) is 0.111. The number of nitrogens with zero attached hydrogens (tertiary/aromatic N) is 1. The van der Waals surface area contributed by atoms with Crippen LogP contribution in [0.1, 0.15) is 16.7 Å². The van der Waals surface area contributed by atoms with Crippen LogP contribution in [-0.4, -0.2) is 10.2 Å². The van der Waals surface area contributed by atoms with Crippen LogP contribution in [0.3, 0.4) is 0 Å². The Morgan fingerprint density at radius 2 is 1.70 bits per heavy atom. The molecule has 0 unspecified atom stereocenters. The van der Waals surface area contributed by atoms with Crippen LogP contribution in [-0.2, 0) is 0 Å². The molecule has 1 amide bonds. The third-order valence-electron chi connectivity index (χ3n) is 3.43. The third-order valence-corrected chi connectivity index (χ3v) is 5.10. The topological polar surface area (TPSA) is 20.3 Å². The number of thioether (sulfide) groups is 1. The van der Waals surface area contributed by atoms with Gasteiger partial charge in [-0.1, -0.05) is 42.0 Å². The number of amides is 1. The molecular weight excluding hydrogens is 346 g/mol. The Balaban J connectivity index is 1.95. The first-order valence-electron chi connectivity index (χ1n) is 7.06. The largest absolute Gasteiger partial charge is 0.296 e. The summed E-state index contributed by atoms with van der Waals surface area (Å²) >= 11 is 12.6. The Labute approximate surface area is 150 Å². The molecule has 3 rings (SSSR count). The molecule has 0 atom stereocenters. The van der Waals surface area contributed by atoms with E-state index in [1.165, 1.54) is 0 Å². The standard InChI is InChI=1S/C18H14ClNOS2/c1-11-7-12(2)9-15(8-11)20-17(22)16(23-18(20)21)10-13-3-5-14(19)6-4-13/h3-10H,1-2H3/b16-10-. The van der Waals surface area contributed by atoms with Gasteiger partial charge >= 0.3 is 0 Å². The molecule has 1 heterocycles. The molecule has 0 saturated carbocycles. The summed E-state index contributed by atoms with van der Waals surface area (Å²) in [5, 5.41) is 0.613. The van der Waals surface area contributed by atoms with Crippen molar-refractivity contribution in [1.29, 1.82) is 0 Å². The van der Waals surface area contributed by atoms with Gasteiger partial charge < -0.3 is 0 Å². The van der Waals surface area contributed by atoms with Gasteiger partial charge in [0.1, 0.15) is 4.99 Å². The number of thiocarbonyl (C=S) groups is 1. The number of anilines is 1. The minimum atomic E-state index is -0.0692. The van der Waals surface area contributed by atoms with E-state index < -0.39 is 0 Å². The number of carbonyl (C=O) groups excluding carboxylic acids is 1. The number of carbonyl (C=O) groups is 1. The third kappa shape index (κ3) is 3.50. The fourth-order valence-corrected chi connectivity index (χ4v) is 3.89. The fourth-order valence-electron chi connectivity index (χ4n) is 2.48. The maximum Gasteiger partial charge on any atom is 0.296 e. The average Bonchev–Trinajstić information content (AvgIpc) is 2.75. The Kier molecular flexibility index (Phi) is 4.57. The van der Waals surface area contributed by atoms with Crippen molar-refractivity contribution in [2.24, 2.45) is 0 Å². The molecule has 0 aliphatic carbocycles. The van der Waals surface area contributed by atoms with E-state index in [0.717, 1.165) is 39.0 Å². The molecule has 0 bridgehead atoms. The van der Waals surface area contributed by atoms with Crippen molar-refractivity contribution in [3.8, 4) is 0 Å². The van der Waals surface area contributed by atoms with E-state index in [2.05, 4.69) is 6.07 Å². The number of hydrogen-bond acceptors (Lipinski definition) is 3. The quantitative estimate of drug-likeness (QED) is 0.484. The molecule has 0 radical (unpaired) electrons. The average molecular weight is 360 g/mol. The molecule has 1 saturated heterocycles. The lowest BCUT2D eigenvalue weighted by molar-refractivity contribution is 0.268. The SMILES string of the molecule is Cc1cc(C)cc(N2C(=O)S/C(=C\c3ccc(Cl)cc3)C2=S)c1. The smallest absolute Gasteiger partial charge is 0.261 e. The van der Waals surface area contributed by atoms with Crippen molar-refractivity contribution in [1.82, 2.24) is 0 Å². The normalized spacial score (nSPS) is 16.5. The van der Waals surface area contributed by atoms with Gasteiger partial charge in [0, 0.05) is 5.02 Å². The monoisotopic (exact) mass is 359 g/mol. The van der Waals surface area contributed by atoms with Gasteiger partial charge in [-0.25, -0.2) is 0 Å². The van der Waals surface area contributed by atoms with E-state index in [1.54, 1.807) is 4.90 Å². The number of aryl methyl sites for hydroxylation is 2. The van der Waals surface area contributed by atoms with Gasteiger partial charge in [-0.05, 0) is 72.6 Å². The molecule has 23 heavy (non-hydrogen) atoms. The Bertz CT molecular complexity index is 807. The van der Waals surface area contributed by atoms with Gasteiger partial charge in [0.05, 0.1) is 10.6 Å². The molecule has 2 aromatic carbocycles. The predicted molar refractivity (Wildman–Crippen MR) is 103 cm³/mol. The lowest BCUT2D eigenvalue weighted by atomic mass is 10.1. The predicted octanol–water partition coefficient (Wildman–Crippen LogP) is 6.00. The minimum absolute atomic E-state index is 0.0692. The summed E-state index contributed by atoms with van der Waals surface area (Å²) in [6.07, 6.45) is 1.92. The van der Waals surface area contributed by atoms with E-state index in [4.69, 9.17) is 23.8 Å². The molecule has 5 heteroatoms. The summed E-state index contributed by atoms with van der Waals surface area (Å²) in [6, 6.07) is 13.5. The van der Waals surface area contributed by atoms with Crippen LogP contribution in [0.15, 0.2) is 47.4 Å². The summed E-state index contributed by atoms with van der Waals surface area (Å²) in [7, 11) is 0. The molecule has 0 spiro atoms. The zero-order chi connectivity index (χ0) is 16.6. The van der Waals surface area contributed by atoms with Gasteiger partial charge in [0.15, 0.2) is 0 Å². The maximum atomic E-state index is 12.4. The molecule has 0 aromatic heterocycles.